The number of sulfonamides is 2. The Morgan fingerprint density at radius 2 is 1.96 bits per heavy atom. The van der Waals surface area contributed by atoms with Crippen molar-refractivity contribution in [2.45, 2.75) is 50.0 Å². The Balaban J connectivity index is 2.03. The molecule has 1 aliphatic carbocycles. The van der Waals surface area contributed by atoms with Crippen molar-refractivity contribution in [3.05, 3.63) is 18.2 Å². The van der Waals surface area contributed by atoms with Crippen molar-refractivity contribution in [3.63, 3.8) is 0 Å². The van der Waals surface area contributed by atoms with Gasteiger partial charge in [-0.25, -0.2) is 25.9 Å². The molecule has 2 fully saturated rings. The number of carbonyl (C=O) groups is 1. The van der Waals surface area contributed by atoms with Crippen LogP contribution in [0, 0.1) is 0 Å². The average molecular weight is 402 g/mol. The Bertz CT molecular complexity index is 905. The fraction of sp³-hybridized carbons (Fsp3) is 0.562. The maximum absolute atomic E-state index is 12.8. The highest BCUT2D eigenvalue weighted by atomic mass is 32.2. The van der Waals surface area contributed by atoms with Gasteiger partial charge in [0.15, 0.2) is 0 Å². The lowest BCUT2D eigenvalue weighted by Crippen LogP contribution is -2.33. The van der Waals surface area contributed by atoms with Crippen LogP contribution in [0.15, 0.2) is 23.1 Å². The molecular formula is C16H22N2O6S2. The molecule has 1 amide bonds. The summed E-state index contributed by atoms with van der Waals surface area (Å²) in [6, 6.07) is 3.84. The summed E-state index contributed by atoms with van der Waals surface area (Å²) in [5.74, 6) is -0.714. The summed E-state index contributed by atoms with van der Waals surface area (Å²) in [6.07, 6.45) is 3.35. The number of rotatable bonds is 6. The van der Waals surface area contributed by atoms with Crippen molar-refractivity contribution in [2.24, 2.45) is 0 Å². The van der Waals surface area contributed by atoms with E-state index in [1.165, 1.54) is 18.2 Å². The molecule has 1 heterocycles. The minimum atomic E-state index is -3.91. The van der Waals surface area contributed by atoms with Gasteiger partial charge >= 0.3 is 0 Å². The van der Waals surface area contributed by atoms with Crippen LogP contribution in [0.4, 0.5) is 5.69 Å². The molecule has 144 valence electrons. The molecule has 0 atom stereocenters. The lowest BCUT2D eigenvalue weighted by molar-refractivity contribution is -0.116. The monoisotopic (exact) mass is 402 g/mol. The van der Waals surface area contributed by atoms with E-state index in [-0.39, 0.29) is 41.2 Å². The molecule has 10 heteroatoms. The molecule has 2 aliphatic rings. The molecule has 1 saturated heterocycles. The predicted molar refractivity (Wildman–Crippen MR) is 96.1 cm³/mol. The molecule has 3 rings (SSSR count). The third-order valence-electron chi connectivity index (χ3n) is 4.51. The van der Waals surface area contributed by atoms with E-state index >= 15 is 0 Å². The maximum Gasteiger partial charge on any atom is 0.244 e. The summed E-state index contributed by atoms with van der Waals surface area (Å²) in [5, 5.41) is 0. The van der Waals surface area contributed by atoms with E-state index in [9.17, 15) is 21.6 Å². The van der Waals surface area contributed by atoms with Gasteiger partial charge in [-0.3, -0.25) is 4.79 Å². The summed E-state index contributed by atoms with van der Waals surface area (Å²) in [7, 11) is -7.68. The molecule has 1 N–H and O–H groups in total. The molecule has 1 aromatic rings. The number of carbonyl (C=O) groups excluding carboxylic acids is 1. The van der Waals surface area contributed by atoms with Gasteiger partial charge in [0.1, 0.15) is 10.6 Å². The first-order valence-electron chi connectivity index (χ1n) is 8.59. The van der Waals surface area contributed by atoms with Crippen LogP contribution in [-0.2, 0) is 24.8 Å². The van der Waals surface area contributed by atoms with E-state index in [0.29, 0.717) is 4.31 Å². The fourth-order valence-corrected chi connectivity index (χ4v) is 6.22. The number of anilines is 1. The molecule has 0 unspecified atom stereocenters. The number of hydrogen-bond acceptors (Lipinski definition) is 6. The van der Waals surface area contributed by atoms with Crippen LogP contribution < -0.4 is 13.8 Å². The molecule has 0 spiro atoms. The minimum absolute atomic E-state index is 0.0164. The van der Waals surface area contributed by atoms with Crippen molar-refractivity contribution >= 4 is 31.6 Å². The maximum atomic E-state index is 12.8. The molecule has 8 nitrogen and oxygen atoms in total. The van der Waals surface area contributed by atoms with Crippen molar-refractivity contribution in [1.82, 2.24) is 4.72 Å². The number of amides is 1. The van der Waals surface area contributed by atoms with E-state index < -0.39 is 26.0 Å². The molecule has 0 radical (unpaired) electrons. The van der Waals surface area contributed by atoms with Crippen LogP contribution in [0.2, 0.25) is 0 Å². The topological polar surface area (TPSA) is 110 Å². The van der Waals surface area contributed by atoms with E-state index in [1.807, 2.05) is 0 Å². The Labute approximate surface area is 153 Å². The Kier molecular flexibility index (Phi) is 5.27. The summed E-state index contributed by atoms with van der Waals surface area (Å²) >= 11 is 0. The standard InChI is InChI=1S/C16H22N2O6S2/c1-2-24-14-8-7-13(18-16(19)9-10-25(18,20)21)11-15(14)26(22,23)17-12-5-3-4-6-12/h7-8,11-12,17H,2-6,9-10H2,1H3. The zero-order valence-electron chi connectivity index (χ0n) is 14.5. The van der Waals surface area contributed by atoms with Gasteiger partial charge in [0.05, 0.1) is 18.0 Å². The number of nitrogens with one attached hydrogen (secondary N) is 1. The first-order valence-corrected chi connectivity index (χ1v) is 11.7. The van der Waals surface area contributed by atoms with Crippen LogP contribution in [0.25, 0.3) is 0 Å². The quantitative estimate of drug-likeness (QED) is 0.770. The van der Waals surface area contributed by atoms with Gasteiger partial charge < -0.3 is 4.74 Å². The van der Waals surface area contributed by atoms with Gasteiger partial charge in [0.25, 0.3) is 0 Å². The molecule has 0 bridgehead atoms. The van der Waals surface area contributed by atoms with E-state index in [4.69, 9.17) is 4.74 Å². The lowest BCUT2D eigenvalue weighted by atomic mass is 10.3. The van der Waals surface area contributed by atoms with Gasteiger partial charge in [-0.05, 0) is 38.0 Å². The van der Waals surface area contributed by atoms with Gasteiger partial charge in [0, 0.05) is 12.5 Å². The number of hydrogen-bond donors (Lipinski definition) is 1. The summed E-state index contributed by atoms with van der Waals surface area (Å²) < 4.78 is 58.7. The second kappa shape index (κ2) is 7.16. The third-order valence-corrected chi connectivity index (χ3v) is 7.74. The normalized spacial score (nSPS) is 20.7. The molecule has 1 aliphatic heterocycles. The number of ether oxygens (including phenoxy) is 1. The van der Waals surface area contributed by atoms with Crippen molar-refractivity contribution < 1.29 is 26.4 Å². The summed E-state index contributed by atoms with van der Waals surface area (Å²) in [5.41, 5.74) is 0.0164. The number of nitrogens with zero attached hydrogens (tertiary/aromatic N) is 1. The van der Waals surface area contributed by atoms with E-state index in [0.717, 1.165) is 25.7 Å². The average Bonchev–Trinajstić information content (AvgIpc) is 3.15. The van der Waals surface area contributed by atoms with Crippen LogP contribution in [-0.4, -0.2) is 41.1 Å². The van der Waals surface area contributed by atoms with Crippen LogP contribution in [0.5, 0.6) is 5.75 Å². The summed E-state index contributed by atoms with van der Waals surface area (Å²) in [4.78, 5) is 11.8. The van der Waals surface area contributed by atoms with Crippen LogP contribution in [0.3, 0.4) is 0 Å². The van der Waals surface area contributed by atoms with Gasteiger partial charge in [-0.1, -0.05) is 12.8 Å². The second-order valence-electron chi connectivity index (χ2n) is 6.39. The molecule has 0 aromatic heterocycles. The highest BCUT2D eigenvalue weighted by Gasteiger charge is 2.37. The smallest absolute Gasteiger partial charge is 0.244 e. The Morgan fingerprint density at radius 3 is 2.54 bits per heavy atom. The largest absolute Gasteiger partial charge is 0.492 e. The molecule has 26 heavy (non-hydrogen) atoms. The Morgan fingerprint density at radius 1 is 1.27 bits per heavy atom. The SMILES string of the molecule is CCOc1ccc(N2C(=O)CCS2(=O)=O)cc1S(=O)(=O)NC1CCCC1. The van der Waals surface area contributed by atoms with Gasteiger partial charge in [-0.15, -0.1) is 0 Å². The second-order valence-corrected chi connectivity index (χ2v) is 10.0. The van der Waals surface area contributed by atoms with Gasteiger partial charge in [-0.2, -0.15) is 0 Å². The third kappa shape index (κ3) is 3.72. The van der Waals surface area contributed by atoms with Crippen molar-refractivity contribution in [1.29, 1.82) is 0 Å². The molecular weight excluding hydrogens is 380 g/mol. The highest BCUT2D eigenvalue weighted by Crippen LogP contribution is 2.33. The first kappa shape index (κ1) is 19.1. The van der Waals surface area contributed by atoms with Crippen molar-refractivity contribution in [3.8, 4) is 5.75 Å². The zero-order valence-corrected chi connectivity index (χ0v) is 16.1. The predicted octanol–water partition coefficient (Wildman–Crippen LogP) is 1.37. The lowest BCUT2D eigenvalue weighted by Gasteiger charge is -2.19. The zero-order chi connectivity index (χ0) is 18.9. The summed E-state index contributed by atoms with van der Waals surface area (Å²) in [6.45, 7) is 1.98. The van der Waals surface area contributed by atoms with E-state index in [1.54, 1.807) is 6.92 Å². The molecule has 1 aromatic carbocycles. The highest BCUT2D eigenvalue weighted by molar-refractivity contribution is 7.94. The fourth-order valence-electron chi connectivity index (χ4n) is 3.30. The van der Waals surface area contributed by atoms with Crippen molar-refractivity contribution in [2.75, 3.05) is 16.7 Å². The minimum Gasteiger partial charge on any atom is -0.492 e. The number of benzene rings is 1. The van der Waals surface area contributed by atoms with E-state index in [2.05, 4.69) is 4.72 Å². The van der Waals surface area contributed by atoms with Crippen LogP contribution >= 0.6 is 0 Å². The molecule has 1 saturated carbocycles. The van der Waals surface area contributed by atoms with Gasteiger partial charge in [0.2, 0.25) is 26.0 Å². The first-order chi connectivity index (χ1) is 12.2. The Hall–Kier alpha value is -1.65. The van der Waals surface area contributed by atoms with Crippen LogP contribution in [0.1, 0.15) is 39.0 Å².